The average molecular weight is 648 g/mol. The van der Waals surface area contributed by atoms with Crippen LogP contribution in [0.15, 0.2) is 29.8 Å². The maximum atomic E-state index is 13.8. The third-order valence-electron chi connectivity index (χ3n) is 7.43. The van der Waals surface area contributed by atoms with Gasteiger partial charge in [-0.05, 0) is 30.5 Å². The van der Waals surface area contributed by atoms with Crippen LogP contribution in [0.4, 0.5) is 0 Å². The second kappa shape index (κ2) is 18.3. The average Bonchev–Trinajstić information content (AvgIpc) is 3.62. The zero-order chi connectivity index (χ0) is 32.8. The Morgan fingerprint density at radius 1 is 1.04 bits per heavy atom. The van der Waals surface area contributed by atoms with E-state index >= 15 is 0 Å². The minimum Gasteiger partial charge on any atom is -0.391 e. The van der Waals surface area contributed by atoms with E-state index in [2.05, 4.69) is 20.9 Å². The predicted octanol–water partition coefficient (Wildman–Crippen LogP) is 1.89. The highest BCUT2D eigenvalue weighted by Gasteiger charge is 2.44. The first-order chi connectivity index (χ1) is 21.5. The molecule has 2 aromatic rings. The number of hydrogen-bond acceptors (Lipinski definition) is 10. The number of rotatable bonds is 18. The molecule has 1 aliphatic rings. The molecule has 45 heavy (non-hydrogen) atoms. The van der Waals surface area contributed by atoms with Gasteiger partial charge in [0.2, 0.25) is 17.7 Å². The molecule has 1 saturated heterocycles. The van der Waals surface area contributed by atoms with Crippen molar-refractivity contribution in [2.75, 3.05) is 59.8 Å². The van der Waals surface area contributed by atoms with Crippen LogP contribution in [0.5, 0.6) is 0 Å². The summed E-state index contributed by atoms with van der Waals surface area (Å²) in [6.45, 7) is 11.1. The number of β-amino-alcohol motifs (C(OH)–C–C–N with tert-alkyl or cyclic N) is 1. The molecule has 3 amide bonds. The van der Waals surface area contributed by atoms with Crippen molar-refractivity contribution in [3.63, 3.8) is 0 Å². The van der Waals surface area contributed by atoms with Gasteiger partial charge >= 0.3 is 0 Å². The molecule has 0 saturated carbocycles. The molecule has 4 N–H and O–H groups in total. The van der Waals surface area contributed by atoms with Gasteiger partial charge in [-0.15, -0.1) is 11.3 Å². The third-order valence-corrected chi connectivity index (χ3v) is 8.40. The number of ether oxygens (including phenoxy) is 3. The summed E-state index contributed by atoms with van der Waals surface area (Å²) in [7, 11) is 1.86. The molecule has 250 valence electrons. The topological polar surface area (TPSA) is 151 Å². The van der Waals surface area contributed by atoms with Gasteiger partial charge in [-0.1, -0.05) is 45.0 Å². The van der Waals surface area contributed by atoms with Crippen LogP contribution in [0.3, 0.4) is 0 Å². The zero-order valence-electron chi connectivity index (χ0n) is 27.1. The Kier molecular flexibility index (Phi) is 14.8. The molecule has 0 bridgehead atoms. The Labute approximate surface area is 270 Å². The van der Waals surface area contributed by atoms with Gasteiger partial charge in [-0.25, -0.2) is 4.98 Å². The standard InChI is InChI=1S/C32H49N5O7S/c1-22-28(45-21-35-22)24-8-6-23(7-9-24)19-34-30(40)26-18-25(38)20-37(26)31(41)29(32(2,3)4)36-27(39)10-12-42-14-16-44-17-15-43-13-11-33-5/h6-9,21,25-26,29,33,38H,10-20H2,1-5H3,(H,34,40)(H,36,39)/t25-,26+,29-/m1/s1. The van der Waals surface area contributed by atoms with E-state index in [0.717, 1.165) is 28.2 Å². The Morgan fingerprint density at radius 3 is 2.29 bits per heavy atom. The number of aryl methyl sites for hydroxylation is 1. The fourth-order valence-electron chi connectivity index (χ4n) is 4.89. The van der Waals surface area contributed by atoms with E-state index in [9.17, 15) is 19.5 Å². The highest BCUT2D eigenvalue weighted by atomic mass is 32.1. The lowest BCUT2D eigenvalue weighted by atomic mass is 9.85. The summed E-state index contributed by atoms with van der Waals surface area (Å²) in [4.78, 5) is 46.6. The number of aliphatic hydroxyl groups is 1. The highest BCUT2D eigenvalue weighted by Crippen LogP contribution is 2.28. The number of hydrogen-bond donors (Lipinski definition) is 4. The maximum absolute atomic E-state index is 13.8. The van der Waals surface area contributed by atoms with E-state index in [1.165, 1.54) is 4.90 Å². The van der Waals surface area contributed by atoms with Crippen LogP contribution in [-0.4, -0.2) is 111 Å². The number of nitrogens with zero attached hydrogens (tertiary/aromatic N) is 2. The Morgan fingerprint density at radius 2 is 1.69 bits per heavy atom. The van der Waals surface area contributed by atoms with Crippen molar-refractivity contribution in [3.05, 3.63) is 41.0 Å². The van der Waals surface area contributed by atoms with Crippen molar-refractivity contribution >= 4 is 29.1 Å². The van der Waals surface area contributed by atoms with Crippen LogP contribution in [-0.2, 0) is 35.1 Å². The predicted molar refractivity (Wildman–Crippen MR) is 173 cm³/mol. The molecule has 3 atom stereocenters. The first-order valence-corrected chi connectivity index (χ1v) is 16.3. The van der Waals surface area contributed by atoms with Crippen LogP contribution in [0.25, 0.3) is 10.4 Å². The SMILES string of the molecule is CNCCOCCOCCOCCC(=O)N[C@H](C(=O)N1C[C@H](O)C[C@H]1C(=O)NCc1ccc(-c2scnc2C)cc1)C(C)(C)C. The quantitative estimate of drug-likeness (QED) is 0.178. The number of amides is 3. The van der Waals surface area contributed by atoms with Crippen molar-refractivity contribution in [2.45, 2.75) is 65.3 Å². The maximum Gasteiger partial charge on any atom is 0.246 e. The van der Waals surface area contributed by atoms with Gasteiger partial charge in [0.1, 0.15) is 12.1 Å². The van der Waals surface area contributed by atoms with Crippen molar-refractivity contribution in [3.8, 4) is 10.4 Å². The number of carbonyl (C=O) groups excluding carboxylic acids is 3. The van der Waals surface area contributed by atoms with Gasteiger partial charge in [0.15, 0.2) is 0 Å². The molecule has 1 aromatic carbocycles. The molecule has 2 heterocycles. The number of likely N-dealkylation sites (N-methyl/N-ethyl adjacent to an activating group) is 1. The number of likely N-dealkylation sites (tertiary alicyclic amines) is 1. The second-order valence-corrected chi connectivity index (χ2v) is 13.0. The molecular weight excluding hydrogens is 598 g/mol. The van der Waals surface area contributed by atoms with Gasteiger partial charge in [0.05, 0.1) is 61.8 Å². The lowest BCUT2D eigenvalue weighted by Crippen LogP contribution is -2.57. The van der Waals surface area contributed by atoms with Crippen molar-refractivity contribution in [2.24, 2.45) is 5.41 Å². The third kappa shape index (κ3) is 11.7. The molecule has 0 radical (unpaired) electrons. The molecule has 1 aromatic heterocycles. The van der Waals surface area contributed by atoms with Crippen molar-refractivity contribution in [1.82, 2.24) is 25.8 Å². The van der Waals surface area contributed by atoms with Crippen LogP contribution in [0, 0.1) is 12.3 Å². The van der Waals surface area contributed by atoms with Crippen molar-refractivity contribution in [1.29, 1.82) is 0 Å². The molecule has 0 unspecified atom stereocenters. The van der Waals surface area contributed by atoms with E-state index in [1.54, 1.807) is 11.3 Å². The number of thiazole rings is 1. The Balaban J connectivity index is 1.47. The first-order valence-electron chi connectivity index (χ1n) is 15.4. The highest BCUT2D eigenvalue weighted by molar-refractivity contribution is 7.13. The normalized spacial score (nSPS) is 17.3. The van der Waals surface area contributed by atoms with Gasteiger partial charge in [0.25, 0.3) is 0 Å². The van der Waals surface area contributed by atoms with E-state index in [0.29, 0.717) is 33.0 Å². The largest absolute Gasteiger partial charge is 0.391 e. The number of nitrogens with one attached hydrogen (secondary N) is 3. The minimum absolute atomic E-state index is 0.0198. The molecule has 1 aliphatic heterocycles. The lowest BCUT2D eigenvalue weighted by molar-refractivity contribution is -0.144. The minimum atomic E-state index is -0.889. The fraction of sp³-hybridized carbons (Fsp3) is 0.625. The molecule has 3 rings (SSSR count). The first kappa shape index (κ1) is 36.5. The summed E-state index contributed by atoms with van der Waals surface area (Å²) >= 11 is 1.58. The van der Waals surface area contributed by atoms with Crippen LogP contribution >= 0.6 is 11.3 Å². The number of aliphatic hydroxyl groups excluding tert-OH is 1. The fourth-order valence-corrected chi connectivity index (χ4v) is 5.71. The molecule has 13 heteroatoms. The Hall–Kier alpha value is -2.94. The number of aromatic nitrogens is 1. The molecule has 12 nitrogen and oxygen atoms in total. The molecule has 1 fully saturated rings. The summed E-state index contributed by atoms with van der Waals surface area (Å²) in [6, 6.07) is 6.16. The van der Waals surface area contributed by atoms with Gasteiger partial charge in [-0.3, -0.25) is 14.4 Å². The second-order valence-electron chi connectivity index (χ2n) is 12.1. The van der Waals surface area contributed by atoms with E-state index in [-0.39, 0.29) is 44.4 Å². The van der Waals surface area contributed by atoms with E-state index < -0.39 is 29.5 Å². The summed E-state index contributed by atoms with van der Waals surface area (Å²) in [5, 5.41) is 19.2. The van der Waals surface area contributed by atoms with Gasteiger partial charge in [-0.2, -0.15) is 0 Å². The molecule has 0 spiro atoms. The van der Waals surface area contributed by atoms with E-state index in [4.69, 9.17) is 14.2 Å². The monoisotopic (exact) mass is 647 g/mol. The summed E-state index contributed by atoms with van der Waals surface area (Å²) in [5.74, 6) is -1.08. The van der Waals surface area contributed by atoms with Crippen molar-refractivity contribution < 1.29 is 33.7 Å². The lowest BCUT2D eigenvalue weighted by Gasteiger charge is -2.35. The van der Waals surface area contributed by atoms with E-state index in [1.807, 2.05) is 64.5 Å². The van der Waals surface area contributed by atoms with Gasteiger partial charge < -0.3 is 40.2 Å². The molecular formula is C32H49N5O7S. The van der Waals surface area contributed by atoms with Crippen LogP contribution in [0.2, 0.25) is 0 Å². The summed E-state index contributed by atoms with van der Waals surface area (Å²) in [5.41, 5.74) is 4.13. The van der Waals surface area contributed by atoms with Crippen LogP contribution < -0.4 is 16.0 Å². The Bertz CT molecular complexity index is 1220. The van der Waals surface area contributed by atoms with Crippen LogP contribution in [0.1, 0.15) is 44.9 Å². The summed E-state index contributed by atoms with van der Waals surface area (Å²) < 4.78 is 16.3. The summed E-state index contributed by atoms with van der Waals surface area (Å²) in [6.07, 6.45) is -0.635. The smallest absolute Gasteiger partial charge is 0.246 e. The van der Waals surface area contributed by atoms with Gasteiger partial charge in [0, 0.05) is 32.5 Å². The zero-order valence-corrected chi connectivity index (χ0v) is 27.9. The number of carbonyl (C=O) groups is 3. The molecule has 0 aliphatic carbocycles. The number of benzene rings is 1.